The van der Waals surface area contributed by atoms with Crippen LogP contribution in [0.5, 0.6) is 0 Å². The molecule has 1 aliphatic heterocycles. The van der Waals surface area contributed by atoms with Gasteiger partial charge in [-0.1, -0.05) is 37.6 Å². The molecule has 1 fully saturated rings. The van der Waals surface area contributed by atoms with E-state index in [1.807, 2.05) is 0 Å². The van der Waals surface area contributed by atoms with Gasteiger partial charge >= 0.3 is 5.69 Å². The molecular weight excluding hydrogens is 496 g/mol. The number of hydrogen-bond donors (Lipinski definition) is 1. The number of likely N-dealkylation sites (tertiary alicyclic amines) is 1. The summed E-state index contributed by atoms with van der Waals surface area (Å²) in [5.41, 5.74) is 1.12. The van der Waals surface area contributed by atoms with Crippen molar-refractivity contribution >= 4 is 45.5 Å². The predicted molar refractivity (Wildman–Crippen MR) is 141 cm³/mol. The van der Waals surface area contributed by atoms with Crippen LogP contribution in [-0.4, -0.2) is 48.5 Å². The van der Waals surface area contributed by atoms with Crippen LogP contribution in [0, 0.1) is 5.41 Å². The maximum absolute atomic E-state index is 13.6. The number of benzene rings is 1. The number of aromatic nitrogens is 4. The number of fused-ring (bicyclic) bond motifs is 3. The predicted octanol–water partition coefficient (Wildman–Crippen LogP) is 2.04. The molecule has 1 aromatic carbocycles. The Bertz CT molecular complexity index is 1690. The van der Waals surface area contributed by atoms with E-state index in [1.54, 1.807) is 43.3 Å². The molecule has 0 aliphatic carbocycles. The van der Waals surface area contributed by atoms with Crippen molar-refractivity contribution in [2.24, 2.45) is 19.5 Å². The van der Waals surface area contributed by atoms with E-state index in [9.17, 15) is 19.2 Å². The topological polar surface area (TPSA) is 111 Å². The van der Waals surface area contributed by atoms with Gasteiger partial charge in [0.25, 0.3) is 11.5 Å². The van der Waals surface area contributed by atoms with Gasteiger partial charge in [0.15, 0.2) is 0 Å². The molecule has 10 nitrogen and oxygen atoms in total. The summed E-state index contributed by atoms with van der Waals surface area (Å²) in [4.78, 5) is 58.6. The third-order valence-electron chi connectivity index (χ3n) is 6.83. The molecule has 192 valence electrons. The number of carbonyl (C=O) groups excluding carboxylic acids is 2. The van der Waals surface area contributed by atoms with E-state index >= 15 is 0 Å². The van der Waals surface area contributed by atoms with Crippen molar-refractivity contribution in [2.45, 2.75) is 26.9 Å². The van der Waals surface area contributed by atoms with E-state index in [0.717, 1.165) is 5.56 Å². The maximum Gasteiger partial charge on any atom is 0.328 e. The van der Waals surface area contributed by atoms with Gasteiger partial charge in [0.2, 0.25) is 5.91 Å². The number of aryl methyl sites for hydroxylation is 2. The second-order valence-corrected chi connectivity index (χ2v) is 10.7. The van der Waals surface area contributed by atoms with Gasteiger partial charge in [-0.3, -0.25) is 28.1 Å². The molecule has 1 aliphatic rings. The van der Waals surface area contributed by atoms with Crippen LogP contribution in [0.4, 0.5) is 0 Å². The van der Waals surface area contributed by atoms with Crippen molar-refractivity contribution < 1.29 is 9.59 Å². The molecule has 3 aromatic heterocycles. The Morgan fingerprint density at radius 1 is 1.08 bits per heavy atom. The van der Waals surface area contributed by atoms with Gasteiger partial charge in [-0.25, -0.2) is 9.78 Å². The number of rotatable bonds is 5. The Hall–Kier alpha value is -3.92. The van der Waals surface area contributed by atoms with Gasteiger partial charge in [-0.2, -0.15) is 0 Å². The third-order valence-corrected chi connectivity index (χ3v) is 7.09. The molecule has 11 heteroatoms. The molecule has 0 radical (unpaired) electrons. The summed E-state index contributed by atoms with van der Waals surface area (Å²) in [6.45, 7) is 5.23. The third kappa shape index (κ3) is 4.31. The van der Waals surface area contributed by atoms with Gasteiger partial charge in [0.05, 0.1) is 17.2 Å². The Kier molecular flexibility index (Phi) is 5.94. The fourth-order valence-corrected chi connectivity index (χ4v) is 5.03. The van der Waals surface area contributed by atoms with Crippen molar-refractivity contribution in [3.05, 3.63) is 73.5 Å². The average Bonchev–Trinajstić information content (AvgIpc) is 3.07. The van der Waals surface area contributed by atoms with Gasteiger partial charge in [-0.15, -0.1) is 0 Å². The highest BCUT2D eigenvalue weighted by atomic mass is 35.5. The lowest BCUT2D eigenvalue weighted by atomic mass is 9.84. The second-order valence-electron chi connectivity index (χ2n) is 10.3. The van der Waals surface area contributed by atoms with Crippen LogP contribution in [0.25, 0.3) is 22.1 Å². The van der Waals surface area contributed by atoms with Crippen molar-refractivity contribution in [1.29, 1.82) is 0 Å². The molecule has 0 unspecified atom stereocenters. The number of nitrogens with one attached hydrogen (secondary N) is 1. The first kappa shape index (κ1) is 24.8. The van der Waals surface area contributed by atoms with Gasteiger partial charge in [0, 0.05) is 44.1 Å². The smallest absolute Gasteiger partial charge is 0.328 e. The van der Waals surface area contributed by atoms with Gasteiger partial charge in [-0.05, 0) is 29.2 Å². The number of hydrogen-bond acceptors (Lipinski definition) is 5. The Labute approximate surface area is 217 Å². The van der Waals surface area contributed by atoms with E-state index in [0.29, 0.717) is 34.5 Å². The normalized spacial score (nSPS) is 14.7. The Balaban J connectivity index is 1.61. The first-order valence-electron chi connectivity index (χ1n) is 11.9. The molecule has 0 saturated carbocycles. The monoisotopic (exact) mass is 522 g/mol. The lowest BCUT2D eigenvalue weighted by Crippen LogP contribution is -2.56. The largest absolute Gasteiger partial charge is 0.348 e. The minimum atomic E-state index is -0.623. The second kappa shape index (κ2) is 8.88. The average molecular weight is 523 g/mol. The zero-order valence-corrected chi connectivity index (χ0v) is 21.8. The van der Waals surface area contributed by atoms with Crippen LogP contribution in [0.15, 0.2) is 46.1 Å². The van der Waals surface area contributed by atoms with Crippen LogP contribution in [0.3, 0.4) is 0 Å². The fraction of sp³-hybridized carbons (Fsp3) is 0.346. The number of carbonyl (C=O) groups is 2. The summed E-state index contributed by atoms with van der Waals surface area (Å²) >= 11 is 5.94. The maximum atomic E-state index is 13.6. The molecule has 4 aromatic rings. The molecule has 0 atom stereocenters. The molecule has 0 spiro atoms. The zero-order valence-electron chi connectivity index (χ0n) is 21.0. The molecule has 1 N–H and O–H groups in total. The van der Waals surface area contributed by atoms with Crippen LogP contribution in [0.2, 0.25) is 5.02 Å². The summed E-state index contributed by atoms with van der Waals surface area (Å²) in [5.74, 6) is -0.823. The van der Waals surface area contributed by atoms with E-state index in [-0.39, 0.29) is 41.3 Å². The summed E-state index contributed by atoms with van der Waals surface area (Å²) < 4.78 is 4.13. The lowest BCUT2D eigenvalue weighted by molar-refractivity contribution is -0.142. The first-order valence-corrected chi connectivity index (χ1v) is 12.2. The minimum Gasteiger partial charge on any atom is -0.348 e. The fourth-order valence-electron chi connectivity index (χ4n) is 4.90. The van der Waals surface area contributed by atoms with Gasteiger partial charge in [0.1, 0.15) is 17.8 Å². The number of amides is 2. The quantitative estimate of drug-likeness (QED) is 0.431. The molecule has 0 bridgehead atoms. The highest BCUT2D eigenvalue weighted by Crippen LogP contribution is 2.29. The summed E-state index contributed by atoms with van der Waals surface area (Å²) in [7, 11) is 3.25. The summed E-state index contributed by atoms with van der Waals surface area (Å²) in [5, 5.41) is 3.78. The van der Waals surface area contributed by atoms with Crippen LogP contribution in [0.1, 0.15) is 29.8 Å². The van der Waals surface area contributed by atoms with Crippen molar-refractivity contribution in [3.8, 4) is 0 Å². The summed E-state index contributed by atoms with van der Waals surface area (Å²) in [6, 6.07) is 8.45. The van der Waals surface area contributed by atoms with Gasteiger partial charge < -0.3 is 10.2 Å². The lowest BCUT2D eigenvalue weighted by Gasteiger charge is -2.45. The number of halogens is 1. The zero-order chi connectivity index (χ0) is 26.6. The standard InChI is InChI=1S/C26H27ClN6O4/c1-26(2)13-32(14-26)20(34)12-33-22-17(21-19(11-28-22)30(3)25(37)31(21)4)9-18(24(33)36)23(35)29-10-15-5-7-16(27)8-6-15/h5-9,11H,10,12-14H2,1-4H3,(H,29,35). The summed E-state index contributed by atoms with van der Waals surface area (Å²) in [6.07, 6.45) is 1.51. The molecule has 1 saturated heterocycles. The molecule has 37 heavy (non-hydrogen) atoms. The molecule has 4 heterocycles. The van der Waals surface area contributed by atoms with E-state index in [4.69, 9.17) is 11.6 Å². The number of imidazole rings is 1. The first-order chi connectivity index (χ1) is 17.5. The highest BCUT2D eigenvalue weighted by Gasteiger charge is 2.37. The van der Waals surface area contributed by atoms with Crippen LogP contribution in [-0.2, 0) is 32.0 Å². The minimum absolute atomic E-state index is 0.0266. The molecule has 5 rings (SSSR count). The van der Waals surface area contributed by atoms with Crippen LogP contribution < -0.4 is 16.6 Å². The van der Waals surface area contributed by atoms with E-state index in [1.165, 1.54) is 26.0 Å². The number of nitrogens with zero attached hydrogens (tertiary/aromatic N) is 5. The molecular formula is C26H27ClN6O4. The Morgan fingerprint density at radius 2 is 1.76 bits per heavy atom. The van der Waals surface area contributed by atoms with Crippen LogP contribution >= 0.6 is 11.6 Å². The van der Waals surface area contributed by atoms with E-state index in [2.05, 4.69) is 24.1 Å². The SMILES string of the molecule is Cn1c(=O)n(C)c2c3cc(C(=O)NCc4ccc(Cl)cc4)c(=O)n(CC(=O)N4CC(C)(C)C4)c3ncc21. The Morgan fingerprint density at radius 3 is 2.41 bits per heavy atom. The van der Waals surface area contributed by atoms with Crippen molar-refractivity contribution in [3.63, 3.8) is 0 Å². The number of pyridine rings is 2. The van der Waals surface area contributed by atoms with Crippen molar-refractivity contribution in [2.75, 3.05) is 13.1 Å². The molecule has 2 amide bonds. The van der Waals surface area contributed by atoms with E-state index < -0.39 is 11.5 Å². The van der Waals surface area contributed by atoms with Crippen molar-refractivity contribution in [1.82, 2.24) is 28.9 Å². The highest BCUT2D eigenvalue weighted by molar-refractivity contribution is 6.30.